The second kappa shape index (κ2) is 6.19. The molecule has 0 heterocycles. The van der Waals surface area contributed by atoms with E-state index in [-0.39, 0.29) is 6.61 Å². The number of aryl methyl sites for hydroxylation is 1. The van der Waals surface area contributed by atoms with E-state index >= 15 is 0 Å². The molecule has 2 amide bonds. The number of benzene rings is 1. The van der Waals surface area contributed by atoms with Crippen molar-refractivity contribution in [2.45, 2.75) is 26.4 Å². The fraction of sp³-hybridized carbons (Fsp3) is 0.385. The highest BCUT2D eigenvalue weighted by molar-refractivity contribution is 5.87. The van der Waals surface area contributed by atoms with E-state index in [1.165, 1.54) is 13.8 Å². The van der Waals surface area contributed by atoms with Gasteiger partial charge in [0.15, 0.2) is 6.61 Å². The molecule has 0 saturated heterocycles. The Kier molecular flexibility index (Phi) is 4.88. The standard InChI is InChI=1S/C13H18N2O4/c1-9-5-4-6-10(7-9)19-8-11(16)14-15-12(17)13(2,3)18/h4-7,18H,8H2,1-3H3,(H,14,16)(H,15,17). The molecule has 1 rings (SSSR count). The van der Waals surface area contributed by atoms with E-state index in [0.717, 1.165) is 5.56 Å². The molecule has 0 fully saturated rings. The topological polar surface area (TPSA) is 87.7 Å². The summed E-state index contributed by atoms with van der Waals surface area (Å²) in [5.41, 5.74) is 3.72. The summed E-state index contributed by atoms with van der Waals surface area (Å²) in [6.07, 6.45) is 0. The summed E-state index contributed by atoms with van der Waals surface area (Å²) in [6, 6.07) is 7.26. The fourth-order valence-corrected chi connectivity index (χ4v) is 1.17. The third-order valence-electron chi connectivity index (χ3n) is 2.23. The van der Waals surface area contributed by atoms with Crippen LogP contribution in [0.2, 0.25) is 0 Å². The summed E-state index contributed by atoms with van der Waals surface area (Å²) in [7, 11) is 0. The number of rotatable bonds is 4. The number of nitrogens with one attached hydrogen (secondary N) is 2. The van der Waals surface area contributed by atoms with Crippen LogP contribution >= 0.6 is 0 Å². The van der Waals surface area contributed by atoms with E-state index in [1.54, 1.807) is 12.1 Å². The number of ether oxygens (including phenoxy) is 1. The minimum atomic E-state index is -1.55. The molecule has 6 heteroatoms. The maximum Gasteiger partial charge on any atom is 0.276 e. The van der Waals surface area contributed by atoms with Crippen LogP contribution in [0.25, 0.3) is 0 Å². The van der Waals surface area contributed by atoms with Gasteiger partial charge in [0, 0.05) is 0 Å². The first-order valence-corrected chi connectivity index (χ1v) is 5.80. The van der Waals surface area contributed by atoms with Gasteiger partial charge in [-0.1, -0.05) is 12.1 Å². The van der Waals surface area contributed by atoms with Crippen LogP contribution in [0, 0.1) is 6.92 Å². The van der Waals surface area contributed by atoms with E-state index < -0.39 is 17.4 Å². The van der Waals surface area contributed by atoms with Gasteiger partial charge < -0.3 is 9.84 Å². The van der Waals surface area contributed by atoms with Gasteiger partial charge in [-0.25, -0.2) is 0 Å². The maximum absolute atomic E-state index is 11.4. The zero-order valence-corrected chi connectivity index (χ0v) is 11.2. The molecule has 0 radical (unpaired) electrons. The van der Waals surface area contributed by atoms with Crippen LogP contribution in [0.1, 0.15) is 19.4 Å². The molecule has 1 aromatic rings. The normalized spacial score (nSPS) is 10.7. The molecule has 0 saturated carbocycles. The zero-order chi connectivity index (χ0) is 14.5. The zero-order valence-electron chi connectivity index (χ0n) is 11.2. The first-order chi connectivity index (χ1) is 8.79. The van der Waals surface area contributed by atoms with Crippen molar-refractivity contribution in [3.05, 3.63) is 29.8 Å². The average Bonchev–Trinajstić information content (AvgIpc) is 2.32. The van der Waals surface area contributed by atoms with Gasteiger partial charge in [-0.2, -0.15) is 0 Å². The second-order valence-corrected chi connectivity index (χ2v) is 4.67. The summed E-state index contributed by atoms with van der Waals surface area (Å²) >= 11 is 0. The van der Waals surface area contributed by atoms with Gasteiger partial charge in [-0.15, -0.1) is 0 Å². The number of hydrogen-bond acceptors (Lipinski definition) is 4. The van der Waals surface area contributed by atoms with Crippen LogP contribution in [0.3, 0.4) is 0 Å². The van der Waals surface area contributed by atoms with Crippen LogP contribution in [0.5, 0.6) is 5.75 Å². The summed E-state index contributed by atoms with van der Waals surface area (Å²) in [6.45, 7) is 4.32. The molecule has 0 aliphatic carbocycles. The van der Waals surface area contributed by atoms with Crippen LogP contribution in [-0.4, -0.2) is 29.1 Å². The molecule has 19 heavy (non-hydrogen) atoms. The molecule has 0 aliphatic heterocycles. The number of carbonyl (C=O) groups excluding carboxylic acids is 2. The lowest BCUT2D eigenvalue weighted by molar-refractivity contribution is -0.140. The van der Waals surface area contributed by atoms with Crippen molar-refractivity contribution in [2.24, 2.45) is 0 Å². The Hall–Kier alpha value is -2.08. The van der Waals surface area contributed by atoms with E-state index in [0.29, 0.717) is 5.75 Å². The molecule has 3 N–H and O–H groups in total. The highest BCUT2D eigenvalue weighted by Gasteiger charge is 2.23. The maximum atomic E-state index is 11.4. The van der Waals surface area contributed by atoms with Gasteiger partial charge >= 0.3 is 0 Å². The predicted octanol–water partition coefficient (Wildman–Crippen LogP) is 0.292. The highest BCUT2D eigenvalue weighted by Crippen LogP contribution is 2.11. The number of hydrazine groups is 1. The van der Waals surface area contributed by atoms with Crippen molar-refractivity contribution in [3.63, 3.8) is 0 Å². The summed E-state index contributed by atoms with van der Waals surface area (Å²) in [5, 5.41) is 9.34. The van der Waals surface area contributed by atoms with Gasteiger partial charge in [0.05, 0.1) is 0 Å². The van der Waals surface area contributed by atoms with Gasteiger partial charge in [-0.3, -0.25) is 20.4 Å². The molecule has 0 aromatic heterocycles. The Bertz CT molecular complexity index is 466. The monoisotopic (exact) mass is 266 g/mol. The Morgan fingerprint density at radius 2 is 2.00 bits per heavy atom. The van der Waals surface area contributed by atoms with E-state index in [2.05, 4.69) is 10.9 Å². The lowest BCUT2D eigenvalue weighted by Gasteiger charge is -2.16. The lowest BCUT2D eigenvalue weighted by atomic mass is 10.1. The third kappa shape index (κ3) is 5.39. The van der Waals surface area contributed by atoms with E-state index in [1.807, 2.05) is 19.1 Å². The fourth-order valence-electron chi connectivity index (χ4n) is 1.17. The SMILES string of the molecule is Cc1cccc(OCC(=O)NNC(=O)C(C)(C)O)c1. The minimum absolute atomic E-state index is 0.227. The van der Waals surface area contributed by atoms with Gasteiger partial charge in [0.25, 0.3) is 11.8 Å². The van der Waals surface area contributed by atoms with Crippen molar-refractivity contribution in [1.82, 2.24) is 10.9 Å². The Morgan fingerprint density at radius 3 is 2.58 bits per heavy atom. The molecule has 6 nitrogen and oxygen atoms in total. The highest BCUT2D eigenvalue weighted by atomic mass is 16.5. The molecule has 0 unspecified atom stereocenters. The van der Waals surface area contributed by atoms with Crippen molar-refractivity contribution >= 4 is 11.8 Å². The van der Waals surface area contributed by atoms with Gasteiger partial charge in [-0.05, 0) is 38.5 Å². The first-order valence-electron chi connectivity index (χ1n) is 5.80. The molecule has 0 bridgehead atoms. The third-order valence-corrected chi connectivity index (χ3v) is 2.23. The minimum Gasteiger partial charge on any atom is -0.484 e. The molecule has 0 aliphatic rings. The largest absolute Gasteiger partial charge is 0.484 e. The van der Waals surface area contributed by atoms with Crippen LogP contribution in [-0.2, 0) is 9.59 Å². The molecular formula is C13H18N2O4. The Balaban J connectivity index is 2.35. The van der Waals surface area contributed by atoms with Crippen LogP contribution in [0.4, 0.5) is 0 Å². The van der Waals surface area contributed by atoms with Crippen molar-refractivity contribution in [2.75, 3.05) is 6.61 Å². The van der Waals surface area contributed by atoms with Crippen LogP contribution < -0.4 is 15.6 Å². The smallest absolute Gasteiger partial charge is 0.276 e. The number of carbonyl (C=O) groups is 2. The van der Waals surface area contributed by atoms with E-state index in [9.17, 15) is 14.7 Å². The summed E-state index contributed by atoms with van der Waals surface area (Å²) in [5.74, 6) is -0.639. The number of aliphatic hydroxyl groups is 1. The molecule has 0 spiro atoms. The quantitative estimate of drug-likeness (QED) is 0.684. The second-order valence-electron chi connectivity index (χ2n) is 4.67. The Morgan fingerprint density at radius 1 is 1.32 bits per heavy atom. The molecule has 1 aromatic carbocycles. The first kappa shape index (κ1) is 15.0. The number of amides is 2. The van der Waals surface area contributed by atoms with Gasteiger partial charge in [0.1, 0.15) is 11.4 Å². The lowest BCUT2D eigenvalue weighted by Crippen LogP contribution is -2.51. The van der Waals surface area contributed by atoms with E-state index in [4.69, 9.17) is 4.74 Å². The predicted molar refractivity (Wildman–Crippen MR) is 69.3 cm³/mol. The van der Waals surface area contributed by atoms with Gasteiger partial charge in [0.2, 0.25) is 0 Å². The van der Waals surface area contributed by atoms with Crippen LogP contribution in [0.15, 0.2) is 24.3 Å². The van der Waals surface area contributed by atoms with Crippen molar-refractivity contribution in [1.29, 1.82) is 0 Å². The van der Waals surface area contributed by atoms with Crippen molar-refractivity contribution < 1.29 is 19.4 Å². The Labute approximate surface area is 111 Å². The molecular weight excluding hydrogens is 248 g/mol. The summed E-state index contributed by atoms with van der Waals surface area (Å²) < 4.78 is 5.24. The van der Waals surface area contributed by atoms with Crippen molar-refractivity contribution in [3.8, 4) is 5.75 Å². The molecule has 0 atom stereocenters. The average molecular weight is 266 g/mol. The number of hydrogen-bond donors (Lipinski definition) is 3. The molecule has 104 valence electrons. The summed E-state index contributed by atoms with van der Waals surface area (Å²) in [4.78, 5) is 22.7.